The summed E-state index contributed by atoms with van der Waals surface area (Å²) in [4.78, 5) is 12.3. The van der Waals surface area contributed by atoms with Crippen LogP contribution < -0.4 is 15.8 Å². The van der Waals surface area contributed by atoms with Crippen LogP contribution in [0.15, 0.2) is 42.5 Å². The van der Waals surface area contributed by atoms with Gasteiger partial charge < -0.3 is 15.8 Å². The topological polar surface area (TPSA) is 64.4 Å². The maximum Gasteiger partial charge on any atom is 0.251 e. The quantitative estimate of drug-likeness (QED) is 0.803. The number of aryl methyl sites for hydroxylation is 2. The molecule has 23 heavy (non-hydrogen) atoms. The van der Waals surface area contributed by atoms with Gasteiger partial charge in [-0.1, -0.05) is 25.1 Å². The molecule has 4 heteroatoms. The first-order valence-electron chi connectivity index (χ1n) is 7.87. The molecule has 0 heterocycles. The lowest BCUT2D eigenvalue weighted by Gasteiger charge is -2.19. The van der Waals surface area contributed by atoms with Crippen molar-refractivity contribution in [1.29, 1.82) is 0 Å². The van der Waals surface area contributed by atoms with Gasteiger partial charge in [-0.25, -0.2) is 0 Å². The average molecular weight is 312 g/mol. The van der Waals surface area contributed by atoms with Gasteiger partial charge in [0.05, 0.1) is 6.54 Å². The summed E-state index contributed by atoms with van der Waals surface area (Å²) in [6, 6.07) is 13.3. The molecule has 4 nitrogen and oxygen atoms in total. The van der Waals surface area contributed by atoms with Crippen molar-refractivity contribution in [2.75, 3.05) is 12.3 Å². The lowest BCUT2D eigenvalue weighted by atomic mass is 10.1. The molecule has 0 aliphatic carbocycles. The van der Waals surface area contributed by atoms with Crippen molar-refractivity contribution in [3.8, 4) is 5.75 Å². The fourth-order valence-corrected chi connectivity index (χ4v) is 2.34. The summed E-state index contributed by atoms with van der Waals surface area (Å²) in [6.45, 7) is 6.42. The number of anilines is 1. The van der Waals surface area contributed by atoms with Crippen LogP contribution in [-0.2, 0) is 0 Å². The molecule has 0 saturated heterocycles. The van der Waals surface area contributed by atoms with Crippen LogP contribution in [-0.4, -0.2) is 18.6 Å². The van der Waals surface area contributed by atoms with E-state index in [0.29, 0.717) is 17.8 Å². The first-order valence-corrected chi connectivity index (χ1v) is 7.87. The standard InChI is InChI=1S/C19H24N2O2/c1-4-16(23-17-7-5-6-13(2)10-17)12-21-19(22)18-11-15(20)9-8-14(18)3/h5-11,16H,4,12,20H2,1-3H3,(H,21,22). The predicted molar refractivity (Wildman–Crippen MR) is 93.8 cm³/mol. The fraction of sp³-hybridized carbons (Fsp3) is 0.316. The van der Waals surface area contributed by atoms with E-state index in [9.17, 15) is 4.79 Å². The second-order valence-electron chi connectivity index (χ2n) is 5.75. The zero-order valence-electron chi connectivity index (χ0n) is 13.9. The Kier molecular flexibility index (Phi) is 5.63. The van der Waals surface area contributed by atoms with Crippen molar-refractivity contribution in [3.05, 3.63) is 59.2 Å². The summed E-state index contributed by atoms with van der Waals surface area (Å²) in [5.41, 5.74) is 9.01. The fourth-order valence-electron chi connectivity index (χ4n) is 2.34. The zero-order chi connectivity index (χ0) is 16.8. The maximum absolute atomic E-state index is 12.3. The highest BCUT2D eigenvalue weighted by molar-refractivity contribution is 5.96. The summed E-state index contributed by atoms with van der Waals surface area (Å²) >= 11 is 0. The smallest absolute Gasteiger partial charge is 0.251 e. The summed E-state index contributed by atoms with van der Waals surface area (Å²) in [5.74, 6) is 0.701. The van der Waals surface area contributed by atoms with Crippen LogP contribution in [0.1, 0.15) is 34.8 Å². The molecule has 0 aliphatic rings. The highest BCUT2D eigenvalue weighted by Crippen LogP contribution is 2.16. The first-order chi connectivity index (χ1) is 11.0. The summed E-state index contributed by atoms with van der Waals surface area (Å²) in [6.07, 6.45) is 0.742. The Bertz CT molecular complexity index is 683. The van der Waals surface area contributed by atoms with Crippen molar-refractivity contribution in [2.45, 2.75) is 33.3 Å². The van der Waals surface area contributed by atoms with E-state index in [-0.39, 0.29) is 12.0 Å². The number of rotatable bonds is 6. The van der Waals surface area contributed by atoms with Crippen LogP contribution in [0, 0.1) is 13.8 Å². The number of hydrogen-bond donors (Lipinski definition) is 2. The van der Waals surface area contributed by atoms with Gasteiger partial charge in [-0.05, 0) is 55.7 Å². The zero-order valence-corrected chi connectivity index (χ0v) is 13.9. The lowest BCUT2D eigenvalue weighted by molar-refractivity contribution is 0.0925. The lowest BCUT2D eigenvalue weighted by Crippen LogP contribution is -2.35. The van der Waals surface area contributed by atoms with Crippen LogP contribution in [0.3, 0.4) is 0 Å². The molecular weight excluding hydrogens is 288 g/mol. The van der Waals surface area contributed by atoms with Crippen LogP contribution in [0.25, 0.3) is 0 Å². The maximum atomic E-state index is 12.3. The van der Waals surface area contributed by atoms with Gasteiger partial charge in [0, 0.05) is 11.3 Å². The van der Waals surface area contributed by atoms with E-state index in [1.165, 1.54) is 0 Å². The molecule has 2 rings (SSSR count). The van der Waals surface area contributed by atoms with Gasteiger partial charge in [0.2, 0.25) is 0 Å². The van der Waals surface area contributed by atoms with E-state index in [0.717, 1.165) is 23.3 Å². The summed E-state index contributed by atoms with van der Waals surface area (Å²) < 4.78 is 5.95. The number of nitrogens with one attached hydrogen (secondary N) is 1. The second kappa shape index (κ2) is 7.68. The van der Waals surface area contributed by atoms with E-state index >= 15 is 0 Å². The van der Waals surface area contributed by atoms with Crippen molar-refractivity contribution in [3.63, 3.8) is 0 Å². The van der Waals surface area contributed by atoms with E-state index in [2.05, 4.69) is 5.32 Å². The molecule has 122 valence electrons. The third kappa shape index (κ3) is 4.74. The van der Waals surface area contributed by atoms with Crippen LogP contribution >= 0.6 is 0 Å². The molecule has 2 aromatic rings. The third-order valence-corrected chi connectivity index (χ3v) is 3.74. The van der Waals surface area contributed by atoms with Crippen LogP contribution in [0.2, 0.25) is 0 Å². The normalized spacial score (nSPS) is 11.8. The van der Waals surface area contributed by atoms with Gasteiger partial charge in [0.1, 0.15) is 11.9 Å². The molecule has 0 spiro atoms. The molecule has 1 amide bonds. The number of nitrogen functional groups attached to an aromatic ring is 1. The molecule has 0 fully saturated rings. The van der Waals surface area contributed by atoms with Gasteiger partial charge in [0.15, 0.2) is 0 Å². The molecule has 0 saturated carbocycles. The Morgan fingerprint density at radius 3 is 2.70 bits per heavy atom. The molecule has 0 bridgehead atoms. The van der Waals surface area contributed by atoms with E-state index in [1.54, 1.807) is 12.1 Å². The largest absolute Gasteiger partial charge is 0.489 e. The van der Waals surface area contributed by atoms with E-state index < -0.39 is 0 Å². The molecule has 2 aromatic carbocycles. The van der Waals surface area contributed by atoms with Crippen LogP contribution in [0.5, 0.6) is 5.75 Å². The number of ether oxygens (including phenoxy) is 1. The minimum absolute atomic E-state index is 0.0675. The van der Waals surface area contributed by atoms with Gasteiger partial charge in [-0.3, -0.25) is 4.79 Å². The Morgan fingerprint density at radius 2 is 2.00 bits per heavy atom. The Balaban J connectivity index is 1.97. The number of carbonyl (C=O) groups excluding carboxylic acids is 1. The predicted octanol–water partition coefficient (Wildman–Crippen LogP) is 3.47. The number of amides is 1. The van der Waals surface area contributed by atoms with Crippen molar-refractivity contribution in [2.24, 2.45) is 0 Å². The first kappa shape index (κ1) is 16.9. The Morgan fingerprint density at radius 1 is 1.22 bits per heavy atom. The number of benzene rings is 2. The third-order valence-electron chi connectivity index (χ3n) is 3.74. The van der Waals surface area contributed by atoms with Crippen molar-refractivity contribution >= 4 is 11.6 Å². The van der Waals surface area contributed by atoms with Gasteiger partial charge in [-0.15, -0.1) is 0 Å². The number of carbonyl (C=O) groups is 1. The Labute approximate surface area is 137 Å². The van der Waals surface area contributed by atoms with E-state index in [4.69, 9.17) is 10.5 Å². The number of hydrogen-bond acceptors (Lipinski definition) is 3. The van der Waals surface area contributed by atoms with E-state index in [1.807, 2.05) is 51.1 Å². The summed E-state index contributed by atoms with van der Waals surface area (Å²) in [7, 11) is 0. The highest BCUT2D eigenvalue weighted by Gasteiger charge is 2.13. The molecule has 0 radical (unpaired) electrons. The van der Waals surface area contributed by atoms with Crippen molar-refractivity contribution in [1.82, 2.24) is 5.32 Å². The number of nitrogens with two attached hydrogens (primary N) is 1. The molecule has 0 aliphatic heterocycles. The minimum Gasteiger partial charge on any atom is -0.489 e. The summed E-state index contributed by atoms with van der Waals surface area (Å²) in [5, 5.41) is 2.93. The molecule has 0 aromatic heterocycles. The monoisotopic (exact) mass is 312 g/mol. The Hall–Kier alpha value is -2.49. The van der Waals surface area contributed by atoms with Crippen LogP contribution in [0.4, 0.5) is 5.69 Å². The van der Waals surface area contributed by atoms with Gasteiger partial charge in [-0.2, -0.15) is 0 Å². The highest BCUT2D eigenvalue weighted by atomic mass is 16.5. The molecular formula is C19H24N2O2. The SMILES string of the molecule is CCC(CNC(=O)c1cc(N)ccc1C)Oc1cccc(C)c1. The van der Waals surface area contributed by atoms with Gasteiger partial charge in [0.25, 0.3) is 5.91 Å². The average Bonchev–Trinajstić information content (AvgIpc) is 2.53. The molecule has 3 N–H and O–H groups in total. The second-order valence-corrected chi connectivity index (χ2v) is 5.75. The molecule has 1 atom stereocenters. The van der Waals surface area contributed by atoms with Gasteiger partial charge >= 0.3 is 0 Å². The van der Waals surface area contributed by atoms with Crippen molar-refractivity contribution < 1.29 is 9.53 Å². The minimum atomic E-state index is -0.124. The molecule has 1 unspecified atom stereocenters.